The molecule has 3 unspecified atom stereocenters. The number of amides is 1. The lowest BCUT2D eigenvalue weighted by molar-refractivity contribution is -0.160. The highest BCUT2D eigenvalue weighted by Gasteiger charge is 2.42. The predicted molar refractivity (Wildman–Crippen MR) is 242 cm³/mol. The lowest BCUT2D eigenvalue weighted by Gasteiger charge is -2.23. The molecule has 0 radical (unpaired) electrons. The number of nitrogens with zero attached hydrogens (tertiary/aromatic N) is 2. The Balaban J connectivity index is 2.80. The van der Waals surface area contributed by atoms with Crippen molar-refractivity contribution in [2.45, 2.75) is 232 Å². The third-order valence-electron chi connectivity index (χ3n) is 11.5. The van der Waals surface area contributed by atoms with E-state index in [1.807, 2.05) is 19.0 Å². The van der Waals surface area contributed by atoms with Crippen molar-refractivity contribution in [2.75, 3.05) is 53.6 Å². The van der Waals surface area contributed by atoms with Gasteiger partial charge >= 0.3 is 17.9 Å². The molecular weight excluding hydrogens is 761 g/mol. The Bertz CT molecular complexity index is 1060. The zero-order valence-corrected chi connectivity index (χ0v) is 39.6. The molecule has 3 atom stereocenters. The van der Waals surface area contributed by atoms with E-state index in [-0.39, 0.29) is 56.8 Å². The van der Waals surface area contributed by atoms with E-state index in [1.165, 1.54) is 81.9 Å². The van der Waals surface area contributed by atoms with Crippen molar-refractivity contribution in [3.63, 3.8) is 0 Å². The predicted octanol–water partition coefficient (Wildman–Crippen LogP) is 11.1. The number of hydrogen-bond acceptors (Lipinski definition) is 10. The number of likely N-dealkylation sites (tertiary alicyclic amines) is 1. The van der Waals surface area contributed by atoms with Gasteiger partial charge in [0.2, 0.25) is 5.91 Å². The van der Waals surface area contributed by atoms with Gasteiger partial charge in [0.25, 0.3) is 0 Å². The van der Waals surface area contributed by atoms with Crippen molar-refractivity contribution in [2.24, 2.45) is 5.92 Å². The highest BCUT2D eigenvalue weighted by Crippen LogP contribution is 2.27. The summed E-state index contributed by atoms with van der Waals surface area (Å²) in [7, 11) is 3.92. The fourth-order valence-corrected chi connectivity index (χ4v) is 7.77. The number of hydrogen-bond donors (Lipinski definition) is 0. The second-order valence-corrected chi connectivity index (χ2v) is 17.5. The minimum atomic E-state index is -0.861. The molecule has 0 aromatic heterocycles. The minimum Gasteiger partial charge on any atom is -0.465 e. The summed E-state index contributed by atoms with van der Waals surface area (Å²) in [6, 6.07) is -0.861. The van der Waals surface area contributed by atoms with Gasteiger partial charge < -0.3 is 33.5 Å². The average Bonchev–Trinajstić information content (AvgIpc) is 3.66. The molecule has 0 aliphatic carbocycles. The maximum Gasteiger partial charge on any atom is 0.329 e. The number of esters is 3. The molecule has 1 heterocycles. The highest BCUT2D eigenvalue weighted by molar-refractivity contribution is 5.86. The largest absolute Gasteiger partial charge is 0.465 e. The molecular formula is C49H92N2O9. The van der Waals surface area contributed by atoms with Crippen LogP contribution in [0.2, 0.25) is 0 Å². The van der Waals surface area contributed by atoms with Crippen LogP contribution in [0.4, 0.5) is 0 Å². The Morgan fingerprint density at radius 3 is 1.60 bits per heavy atom. The van der Waals surface area contributed by atoms with Crippen LogP contribution in [0.1, 0.15) is 214 Å². The van der Waals surface area contributed by atoms with Crippen LogP contribution in [-0.2, 0) is 42.9 Å². The van der Waals surface area contributed by atoms with Crippen LogP contribution in [0.25, 0.3) is 0 Å². The Hall–Kier alpha value is -2.24. The Kier molecular flexibility index (Phi) is 35.7. The van der Waals surface area contributed by atoms with Gasteiger partial charge in [-0.3, -0.25) is 14.4 Å². The van der Waals surface area contributed by atoms with E-state index in [9.17, 15) is 19.2 Å². The lowest BCUT2D eigenvalue weighted by Crippen LogP contribution is -2.42. The van der Waals surface area contributed by atoms with Gasteiger partial charge in [-0.2, -0.15) is 0 Å². The molecule has 1 saturated heterocycles. The molecule has 11 nitrogen and oxygen atoms in total. The second kappa shape index (κ2) is 38.4. The van der Waals surface area contributed by atoms with E-state index in [0.717, 1.165) is 83.6 Å². The molecule has 0 N–H and O–H groups in total. The maximum atomic E-state index is 13.6. The van der Waals surface area contributed by atoms with Gasteiger partial charge in [-0.25, -0.2) is 4.79 Å². The Labute approximate surface area is 367 Å². The number of rotatable bonds is 41. The molecule has 1 rings (SSSR count). The lowest BCUT2D eigenvalue weighted by atomic mass is 9.94. The fraction of sp³-hybridized carbons (Fsp3) is 0.918. The van der Waals surface area contributed by atoms with Gasteiger partial charge in [-0.15, -0.1) is 0 Å². The van der Waals surface area contributed by atoms with E-state index in [4.69, 9.17) is 23.7 Å². The highest BCUT2D eigenvalue weighted by atomic mass is 16.7. The van der Waals surface area contributed by atoms with E-state index in [2.05, 4.69) is 27.7 Å². The molecule has 0 saturated carbocycles. The smallest absolute Gasteiger partial charge is 0.329 e. The third kappa shape index (κ3) is 29.1. The first-order valence-corrected chi connectivity index (χ1v) is 24.9. The fourth-order valence-electron chi connectivity index (χ4n) is 7.77. The zero-order chi connectivity index (χ0) is 44.1. The Morgan fingerprint density at radius 2 is 1.07 bits per heavy atom. The van der Waals surface area contributed by atoms with Crippen molar-refractivity contribution in [1.82, 2.24) is 9.80 Å². The van der Waals surface area contributed by atoms with Gasteiger partial charge in [-0.1, -0.05) is 156 Å². The number of carbonyl (C=O) groups excluding carboxylic acids is 4. The molecule has 352 valence electrons. The van der Waals surface area contributed by atoms with Crippen LogP contribution in [0.15, 0.2) is 0 Å². The molecule has 1 amide bonds. The van der Waals surface area contributed by atoms with Crippen molar-refractivity contribution in [1.29, 1.82) is 0 Å². The first-order valence-electron chi connectivity index (χ1n) is 24.9. The number of carbonyl (C=O) groups is 4. The van der Waals surface area contributed by atoms with Crippen LogP contribution in [-0.4, -0.2) is 106 Å². The number of unbranched alkanes of at least 4 members (excludes halogenated alkanes) is 18. The summed E-state index contributed by atoms with van der Waals surface area (Å²) in [5, 5.41) is 0. The van der Waals surface area contributed by atoms with Gasteiger partial charge in [0.05, 0.1) is 31.9 Å². The molecule has 11 heteroatoms. The van der Waals surface area contributed by atoms with Gasteiger partial charge in [0, 0.05) is 32.6 Å². The van der Waals surface area contributed by atoms with Crippen molar-refractivity contribution < 1.29 is 42.9 Å². The molecule has 0 aromatic rings. The van der Waals surface area contributed by atoms with Gasteiger partial charge in [0.1, 0.15) is 18.8 Å². The zero-order valence-electron chi connectivity index (χ0n) is 39.6. The standard InChI is InChI=1S/C49H92N2O9/c1-7-11-15-19-22-26-31-42(30-25-18-14-10-4)48(54)60-43-40-44(49(55)59-38-29-35-50(5)6)51(41-43)45(52)34-39-56-46(53)32-33-47(57-36-27-23-20-16-12-8-2)58-37-28-24-21-17-13-9-3/h42-44,47H,7-41H2,1-6H3. The van der Waals surface area contributed by atoms with E-state index >= 15 is 0 Å². The summed E-state index contributed by atoms with van der Waals surface area (Å²) in [4.78, 5) is 57.0. The van der Waals surface area contributed by atoms with E-state index < -0.39 is 30.4 Å². The van der Waals surface area contributed by atoms with Crippen LogP contribution in [0, 0.1) is 5.92 Å². The van der Waals surface area contributed by atoms with Gasteiger partial charge in [-0.05, 0) is 46.2 Å². The molecule has 1 fully saturated rings. The molecule has 0 bridgehead atoms. The molecule has 60 heavy (non-hydrogen) atoms. The number of ether oxygens (including phenoxy) is 5. The topological polar surface area (TPSA) is 121 Å². The molecule has 1 aliphatic rings. The summed E-state index contributed by atoms with van der Waals surface area (Å²) in [5.74, 6) is -1.65. The quantitative estimate of drug-likeness (QED) is 0.0254. The van der Waals surface area contributed by atoms with Crippen molar-refractivity contribution in [3.8, 4) is 0 Å². The van der Waals surface area contributed by atoms with Crippen molar-refractivity contribution in [3.05, 3.63) is 0 Å². The van der Waals surface area contributed by atoms with Crippen LogP contribution < -0.4 is 0 Å². The normalized spacial score (nSPS) is 15.8. The first kappa shape index (κ1) is 55.8. The maximum absolute atomic E-state index is 13.6. The molecule has 1 aliphatic heterocycles. The summed E-state index contributed by atoms with van der Waals surface area (Å²) in [5.41, 5.74) is 0. The summed E-state index contributed by atoms with van der Waals surface area (Å²) < 4.78 is 29.4. The minimum absolute atomic E-state index is 0.0820. The summed E-state index contributed by atoms with van der Waals surface area (Å²) >= 11 is 0. The summed E-state index contributed by atoms with van der Waals surface area (Å²) in [6.45, 7) is 11.0. The SMILES string of the molecule is CCCCCCCCOC(CCC(=O)OCCC(=O)N1CC(OC(=O)C(CCCCCC)CCCCCCCC)CC1C(=O)OCCCN(C)C)OCCCCCCCC. The molecule has 0 aromatic carbocycles. The average molecular weight is 853 g/mol. The molecule has 0 spiro atoms. The van der Waals surface area contributed by atoms with Crippen LogP contribution in [0.3, 0.4) is 0 Å². The van der Waals surface area contributed by atoms with Gasteiger partial charge in [0.15, 0.2) is 6.29 Å². The first-order chi connectivity index (χ1) is 29.2. The van der Waals surface area contributed by atoms with Crippen molar-refractivity contribution >= 4 is 23.8 Å². The Morgan fingerprint density at radius 1 is 0.567 bits per heavy atom. The summed E-state index contributed by atoms with van der Waals surface area (Å²) in [6.07, 6.45) is 27.1. The monoisotopic (exact) mass is 853 g/mol. The van der Waals surface area contributed by atoms with E-state index in [0.29, 0.717) is 26.1 Å². The van der Waals surface area contributed by atoms with Crippen LogP contribution in [0.5, 0.6) is 0 Å². The van der Waals surface area contributed by atoms with Crippen LogP contribution >= 0.6 is 0 Å². The second-order valence-electron chi connectivity index (χ2n) is 17.5. The van der Waals surface area contributed by atoms with E-state index in [1.54, 1.807) is 0 Å². The third-order valence-corrected chi connectivity index (χ3v) is 11.5.